The van der Waals surface area contributed by atoms with E-state index in [0.29, 0.717) is 11.4 Å². The highest BCUT2D eigenvalue weighted by molar-refractivity contribution is 5.92. The zero-order valence-corrected chi connectivity index (χ0v) is 11.0. The number of hydrogen-bond acceptors (Lipinski definition) is 4. The second kappa shape index (κ2) is 5.48. The smallest absolute Gasteiger partial charge is 0.148 e. The molecule has 0 aromatic carbocycles. The van der Waals surface area contributed by atoms with Gasteiger partial charge < -0.3 is 10.5 Å². The molecule has 0 spiro atoms. The highest BCUT2D eigenvalue weighted by atomic mass is 16.5. The number of nitrogens with two attached hydrogens (primary N) is 1. The quantitative estimate of drug-likeness (QED) is 0.650. The molecule has 2 heterocycles. The van der Waals surface area contributed by atoms with Crippen molar-refractivity contribution in [3.05, 3.63) is 47.5 Å². The predicted molar refractivity (Wildman–Crippen MR) is 73.7 cm³/mol. The van der Waals surface area contributed by atoms with Gasteiger partial charge in [0.25, 0.3) is 0 Å². The summed E-state index contributed by atoms with van der Waals surface area (Å²) in [5.74, 6) is 1.27. The number of nitrogen functional groups attached to an aromatic ring is 1. The molecule has 0 atom stereocenters. The molecule has 3 N–H and O–H groups in total. The monoisotopic (exact) mass is 256 g/mol. The fourth-order valence-corrected chi connectivity index (χ4v) is 1.67. The van der Waals surface area contributed by atoms with Crippen LogP contribution in [0.5, 0.6) is 11.5 Å². The van der Waals surface area contributed by atoms with E-state index in [9.17, 15) is 0 Å². The molecular formula is C14H16N4O. The van der Waals surface area contributed by atoms with Crippen molar-refractivity contribution in [2.75, 3.05) is 0 Å². The third kappa shape index (κ3) is 3.07. The molecule has 0 aliphatic carbocycles. The van der Waals surface area contributed by atoms with E-state index in [1.807, 2.05) is 26.0 Å². The lowest BCUT2D eigenvalue weighted by atomic mass is 10.2. The summed E-state index contributed by atoms with van der Waals surface area (Å²) < 4.78 is 5.75. The molecule has 0 bridgehead atoms. The molecule has 0 saturated carbocycles. The summed E-state index contributed by atoms with van der Waals surface area (Å²) in [6, 6.07) is 7.21. The average molecular weight is 256 g/mol. The fourth-order valence-electron chi connectivity index (χ4n) is 1.67. The zero-order chi connectivity index (χ0) is 13.8. The number of rotatable bonds is 4. The highest BCUT2D eigenvalue weighted by Gasteiger charge is 2.06. The van der Waals surface area contributed by atoms with E-state index in [-0.39, 0.29) is 5.84 Å². The minimum Gasteiger partial charge on any atom is -0.454 e. The van der Waals surface area contributed by atoms with Gasteiger partial charge in [-0.05, 0) is 37.6 Å². The third-order valence-corrected chi connectivity index (χ3v) is 2.65. The molecule has 0 aliphatic heterocycles. The van der Waals surface area contributed by atoms with Crippen molar-refractivity contribution in [3.8, 4) is 11.5 Å². The summed E-state index contributed by atoms with van der Waals surface area (Å²) in [7, 11) is 0. The number of aryl methyl sites for hydroxylation is 2. The van der Waals surface area contributed by atoms with Crippen LogP contribution in [0.1, 0.15) is 24.0 Å². The van der Waals surface area contributed by atoms with Crippen LogP contribution in [0.25, 0.3) is 0 Å². The van der Waals surface area contributed by atoms with Gasteiger partial charge in [0.2, 0.25) is 0 Å². The van der Waals surface area contributed by atoms with Crippen LogP contribution in [-0.2, 0) is 6.42 Å². The second-order valence-corrected chi connectivity index (χ2v) is 4.15. The van der Waals surface area contributed by atoms with Gasteiger partial charge in [-0.1, -0.05) is 6.92 Å². The molecule has 5 heteroatoms. The molecular weight excluding hydrogens is 240 g/mol. The first kappa shape index (κ1) is 13.0. The Hall–Kier alpha value is -2.43. The average Bonchev–Trinajstić information content (AvgIpc) is 2.41. The van der Waals surface area contributed by atoms with E-state index < -0.39 is 0 Å². The van der Waals surface area contributed by atoms with Gasteiger partial charge in [0, 0.05) is 5.69 Å². The summed E-state index contributed by atoms with van der Waals surface area (Å²) in [6.45, 7) is 3.98. The van der Waals surface area contributed by atoms with Gasteiger partial charge in [-0.15, -0.1) is 0 Å². The van der Waals surface area contributed by atoms with Crippen molar-refractivity contribution in [2.24, 2.45) is 5.73 Å². The molecule has 0 unspecified atom stereocenters. The van der Waals surface area contributed by atoms with E-state index in [1.165, 1.54) is 0 Å². The summed E-state index contributed by atoms with van der Waals surface area (Å²) in [5, 5.41) is 7.28. The van der Waals surface area contributed by atoms with Crippen LogP contribution in [-0.4, -0.2) is 15.8 Å². The number of nitrogens with zero attached hydrogens (tertiary/aromatic N) is 2. The number of ether oxygens (including phenoxy) is 1. The Kier molecular flexibility index (Phi) is 3.75. The van der Waals surface area contributed by atoms with Crippen LogP contribution in [0.2, 0.25) is 0 Å². The lowest BCUT2D eigenvalue weighted by Gasteiger charge is -2.10. The predicted octanol–water partition coefficient (Wildman–Crippen LogP) is 2.42. The summed E-state index contributed by atoms with van der Waals surface area (Å²) in [4.78, 5) is 8.49. The molecule has 5 nitrogen and oxygen atoms in total. The standard InChI is InChI=1S/C14H16N4O/c1-3-11-13(7-4-9(2)18-11)19-10-5-6-12(14(15)16)17-8-10/h4-8H,3H2,1-2H3,(H3,15,16). The number of hydrogen-bond donors (Lipinski definition) is 2. The maximum Gasteiger partial charge on any atom is 0.148 e. The Bertz CT molecular complexity index is 593. The van der Waals surface area contributed by atoms with E-state index in [4.69, 9.17) is 15.9 Å². The van der Waals surface area contributed by atoms with Crippen molar-refractivity contribution in [3.63, 3.8) is 0 Å². The van der Waals surface area contributed by atoms with Gasteiger partial charge in [0.05, 0.1) is 11.9 Å². The maximum absolute atomic E-state index is 7.28. The van der Waals surface area contributed by atoms with Crippen molar-refractivity contribution in [1.82, 2.24) is 9.97 Å². The molecule has 2 aromatic rings. The van der Waals surface area contributed by atoms with Crippen LogP contribution in [0, 0.1) is 12.3 Å². The molecule has 0 aliphatic rings. The lowest BCUT2D eigenvalue weighted by molar-refractivity contribution is 0.470. The minimum absolute atomic E-state index is 0.0576. The Morgan fingerprint density at radius 2 is 2.11 bits per heavy atom. The van der Waals surface area contributed by atoms with Crippen molar-refractivity contribution in [2.45, 2.75) is 20.3 Å². The summed E-state index contributed by atoms with van der Waals surface area (Å²) in [5.41, 5.74) is 7.66. The third-order valence-electron chi connectivity index (χ3n) is 2.65. The SMILES string of the molecule is CCc1nc(C)ccc1Oc1ccc(C(=N)N)nc1. The Balaban J connectivity index is 2.23. The fraction of sp³-hybridized carbons (Fsp3) is 0.214. The van der Waals surface area contributed by atoms with E-state index in [2.05, 4.69) is 9.97 Å². The Morgan fingerprint density at radius 3 is 2.68 bits per heavy atom. The molecule has 2 rings (SSSR count). The molecule has 2 aromatic heterocycles. The molecule has 0 radical (unpaired) electrons. The van der Waals surface area contributed by atoms with Gasteiger partial charge in [-0.3, -0.25) is 10.4 Å². The molecule has 0 amide bonds. The zero-order valence-electron chi connectivity index (χ0n) is 11.0. The second-order valence-electron chi connectivity index (χ2n) is 4.15. The van der Waals surface area contributed by atoms with Gasteiger partial charge in [0.15, 0.2) is 0 Å². The number of amidine groups is 1. The van der Waals surface area contributed by atoms with Crippen LogP contribution >= 0.6 is 0 Å². The first-order chi connectivity index (χ1) is 9.10. The summed E-state index contributed by atoms with van der Waals surface area (Å²) in [6.07, 6.45) is 2.35. The molecule has 0 fully saturated rings. The number of aromatic nitrogens is 2. The maximum atomic E-state index is 7.28. The van der Waals surface area contributed by atoms with Crippen LogP contribution in [0.15, 0.2) is 30.5 Å². The van der Waals surface area contributed by atoms with Gasteiger partial charge in [0.1, 0.15) is 23.0 Å². The molecule has 0 saturated heterocycles. The minimum atomic E-state index is -0.0576. The van der Waals surface area contributed by atoms with Crippen LogP contribution < -0.4 is 10.5 Å². The van der Waals surface area contributed by atoms with Gasteiger partial charge in [-0.2, -0.15) is 0 Å². The summed E-state index contributed by atoms with van der Waals surface area (Å²) >= 11 is 0. The van der Waals surface area contributed by atoms with Crippen molar-refractivity contribution < 1.29 is 4.74 Å². The largest absolute Gasteiger partial charge is 0.454 e. The van der Waals surface area contributed by atoms with Gasteiger partial charge >= 0.3 is 0 Å². The van der Waals surface area contributed by atoms with E-state index >= 15 is 0 Å². The van der Waals surface area contributed by atoms with E-state index in [1.54, 1.807) is 18.3 Å². The molecule has 98 valence electrons. The topological polar surface area (TPSA) is 84.9 Å². The highest BCUT2D eigenvalue weighted by Crippen LogP contribution is 2.24. The number of pyridine rings is 2. The van der Waals surface area contributed by atoms with Crippen LogP contribution in [0.4, 0.5) is 0 Å². The van der Waals surface area contributed by atoms with Crippen LogP contribution in [0.3, 0.4) is 0 Å². The molecule has 19 heavy (non-hydrogen) atoms. The van der Waals surface area contributed by atoms with Gasteiger partial charge in [-0.25, -0.2) is 4.98 Å². The van der Waals surface area contributed by atoms with Crippen molar-refractivity contribution >= 4 is 5.84 Å². The first-order valence-corrected chi connectivity index (χ1v) is 6.05. The first-order valence-electron chi connectivity index (χ1n) is 6.05. The van der Waals surface area contributed by atoms with Crippen molar-refractivity contribution in [1.29, 1.82) is 5.41 Å². The van der Waals surface area contributed by atoms with E-state index in [0.717, 1.165) is 23.6 Å². The Morgan fingerprint density at radius 1 is 1.32 bits per heavy atom. The lowest BCUT2D eigenvalue weighted by Crippen LogP contribution is -2.12. The Labute approximate surface area is 112 Å². The normalized spacial score (nSPS) is 10.2. The number of nitrogens with one attached hydrogen (secondary N) is 1.